The van der Waals surface area contributed by atoms with Gasteiger partial charge >= 0.3 is 0 Å². The number of hydrogen-bond acceptors (Lipinski definition) is 2. The molecule has 1 rings (SSSR count). The Morgan fingerprint density at radius 2 is 2.25 bits per heavy atom. The molecule has 0 saturated carbocycles. The summed E-state index contributed by atoms with van der Waals surface area (Å²) in [6, 6.07) is 1.77. The van der Waals surface area contributed by atoms with Crippen molar-refractivity contribution in [3.05, 3.63) is 17.5 Å². The van der Waals surface area contributed by atoms with E-state index in [1.165, 1.54) is 0 Å². The highest BCUT2D eigenvalue weighted by Gasteiger charge is 2.22. The molecule has 0 aromatic carbocycles. The Morgan fingerprint density at radius 1 is 1.62 bits per heavy atom. The normalized spacial score (nSPS) is 11.6. The molecule has 0 bridgehead atoms. The molecule has 1 heterocycles. The zero-order valence-corrected chi connectivity index (χ0v) is 10.9. The molecule has 1 aromatic heterocycles. The Labute approximate surface area is 101 Å². The number of alkyl halides is 1. The maximum absolute atomic E-state index is 12.0. The molecule has 4 nitrogen and oxygen atoms in total. The van der Waals surface area contributed by atoms with Gasteiger partial charge in [0.15, 0.2) is 0 Å². The van der Waals surface area contributed by atoms with E-state index in [9.17, 15) is 4.79 Å². The topological polar surface area (TPSA) is 46.9 Å². The number of halogens is 1. The van der Waals surface area contributed by atoms with Gasteiger partial charge < -0.3 is 5.32 Å². The number of carbonyl (C=O) groups is 1. The zero-order valence-electron chi connectivity index (χ0n) is 10.2. The second-order valence-electron chi connectivity index (χ2n) is 4.57. The first kappa shape index (κ1) is 13.0. The van der Waals surface area contributed by atoms with Gasteiger partial charge in [-0.25, -0.2) is 0 Å². The van der Waals surface area contributed by atoms with E-state index in [1.807, 2.05) is 20.8 Å². The third kappa shape index (κ3) is 3.23. The lowest BCUT2D eigenvalue weighted by Gasteiger charge is -2.25. The van der Waals surface area contributed by atoms with Crippen LogP contribution in [0.25, 0.3) is 0 Å². The number of hydrogen-bond donors (Lipinski definition) is 1. The molecular weight excluding hydrogens is 226 g/mol. The second kappa shape index (κ2) is 4.87. The standard InChI is InChI=1S/C11H18ClN3O/c1-8-7-9(15(4)14-8)10(16)13-11(2,3)5-6-12/h7H,5-6H2,1-4H3,(H,13,16). The van der Waals surface area contributed by atoms with Crippen molar-refractivity contribution in [1.82, 2.24) is 15.1 Å². The first-order valence-electron chi connectivity index (χ1n) is 5.25. The fourth-order valence-corrected chi connectivity index (χ4v) is 1.97. The molecule has 0 saturated heterocycles. The summed E-state index contributed by atoms with van der Waals surface area (Å²) in [5.74, 6) is 0.413. The van der Waals surface area contributed by atoms with Crippen molar-refractivity contribution in [2.45, 2.75) is 32.7 Å². The predicted molar refractivity (Wildman–Crippen MR) is 64.8 cm³/mol. The molecule has 1 aromatic rings. The van der Waals surface area contributed by atoms with Crippen molar-refractivity contribution in [3.63, 3.8) is 0 Å². The van der Waals surface area contributed by atoms with Gasteiger partial charge in [0.25, 0.3) is 5.91 Å². The van der Waals surface area contributed by atoms with E-state index in [-0.39, 0.29) is 11.4 Å². The van der Waals surface area contributed by atoms with Crippen LogP contribution in [0.3, 0.4) is 0 Å². The van der Waals surface area contributed by atoms with E-state index in [0.29, 0.717) is 11.6 Å². The minimum atomic E-state index is -0.295. The summed E-state index contributed by atoms with van der Waals surface area (Å²) < 4.78 is 1.58. The smallest absolute Gasteiger partial charge is 0.269 e. The molecule has 1 amide bonds. The summed E-state index contributed by atoms with van der Waals surface area (Å²) in [7, 11) is 1.76. The molecule has 0 aliphatic rings. The lowest BCUT2D eigenvalue weighted by atomic mass is 10.0. The van der Waals surface area contributed by atoms with Crippen molar-refractivity contribution >= 4 is 17.5 Å². The fourth-order valence-electron chi connectivity index (χ4n) is 1.49. The highest BCUT2D eigenvalue weighted by molar-refractivity contribution is 6.17. The maximum Gasteiger partial charge on any atom is 0.269 e. The van der Waals surface area contributed by atoms with Crippen LogP contribution in [0.15, 0.2) is 6.07 Å². The van der Waals surface area contributed by atoms with Gasteiger partial charge in [-0.05, 0) is 33.3 Å². The second-order valence-corrected chi connectivity index (χ2v) is 4.95. The number of nitrogens with one attached hydrogen (secondary N) is 1. The van der Waals surface area contributed by atoms with Gasteiger partial charge in [0.1, 0.15) is 5.69 Å². The third-order valence-electron chi connectivity index (χ3n) is 2.41. The van der Waals surface area contributed by atoms with Crippen molar-refractivity contribution in [2.75, 3.05) is 5.88 Å². The van der Waals surface area contributed by atoms with Gasteiger partial charge in [0.2, 0.25) is 0 Å². The van der Waals surface area contributed by atoms with Gasteiger partial charge in [-0.3, -0.25) is 9.48 Å². The molecule has 16 heavy (non-hydrogen) atoms. The molecule has 0 unspecified atom stereocenters. The number of aryl methyl sites for hydroxylation is 2. The molecule has 0 aliphatic carbocycles. The van der Waals surface area contributed by atoms with Crippen LogP contribution < -0.4 is 5.32 Å². The van der Waals surface area contributed by atoms with Crippen LogP contribution >= 0.6 is 11.6 Å². The van der Waals surface area contributed by atoms with E-state index in [2.05, 4.69) is 10.4 Å². The summed E-state index contributed by atoms with van der Waals surface area (Å²) in [5.41, 5.74) is 1.11. The molecular formula is C11H18ClN3O. The summed E-state index contributed by atoms with van der Waals surface area (Å²) >= 11 is 5.68. The summed E-state index contributed by atoms with van der Waals surface area (Å²) in [6.45, 7) is 5.77. The number of aromatic nitrogens is 2. The first-order valence-corrected chi connectivity index (χ1v) is 5.78. The largest absolute Gasteiger partial charge is 0.346 e. The Hall–Kier alpha value is -1.03. The predicted octanol–water partition coefficient (Wildman–Crippen LogP) is 1.87. The van der Waals surface area contributed by atoms with Crippen molar-refractivity contribution in [2.24, 2.45) is 7.05 Å². The Kier molecular flexibility index (Phi) is 3.97. The van der Waals surface area contributed by atoms with E-state index in [4.69, 9.17) is 11.6 Å². The van der Waals surface area contributed by atoms with Crippen LogP contribution in [-0.4, -0.2) is 27.1 Å². The zero-order chi connectivity index (χ0) is 12.3. The van der Waals surface area contributed by atoms with Crippen molar-refractivity contribution < 1.29 is 4.79 Å². The lowest BCUT2D eigenvalue weighted by Crippen LogP contribution is -2.44. The molecule has 0 aliphatic heterocycles. The Balaban J connectivity index is 2.76. The molecule has 90 valence electrons. The summed E-state index contributed by atoms with van der Waals surface area (Å²) in [5, 5.41) is 7.08. The SMILES string of the molecule is Cc1cc(C(=O)NC(C)(C)CCCl)n(C)n1. The maximum atomic E-state index is 12.0. The molecule has 0 radical (unpaired) electrons. The van der Waals surface area contributed by atoms with Crippen LogP contribution in [0.2, 0.25) is 0 Å². The molecule has 0 atom stereocenters. The van der Waals surface area contributed by atoms with Crippen LogP contribution in [0.5, 0.6) is 0 Å². The van der Waals surface area contributed by atoms with Gasteiger partial charge in [-0.1, -0.05) is 0 Å². The van der Waals surface area contributed by atoms with Gasteiger partial charge in [0, 0.05) is 18.5 Å². The highest BCUT2D eigenvalue weighted by atomic mass is 35.5. The van der Waals surface area contributed by atoms with Crippen LogP contribution in [0, 0.1) is 6.92 Å². The number of carbonyl (C=O) groups excluding carboxylic acids is 1. The van der Waals surface area contributed by atoms with Gasteiger partial charge in [-0.15, -0.1) is 11.6 Å². The highest BCUT2D eigenvalue weighted by Crippen LogP contribution is 2.11. The average Bonchev–Trinajstić information content (AvgIpc) is 2.44. The van der Waals surface area contributed by atoms with E-state index >= 15 is 0 Å². The summed E-state index contributed by atoms with van der Waals surface area (Å²) in [4.78, 5) is 12.0. The van der Waals surface area contributed by atoms with E-state index in [0.717, 1.165) is 12.1 Å². The average molecular weight is 244 g/mol. The van der Waals surface area contributed by atoms with Crippen molar-refractivity contribution in [1.29, 1.82) is 0 Å². The minimum Gasteiger partial charge on any atom is -0.346 e. The van der Waals surface area contributed by atoms with E-state index in [1.54, 1.807) is 17.8 Å². The minimum absolute atomic E-state index is 0.113. The van der Waals surface area contributed by atoms with Crippen LogP contribution in [-0.2, 0) is 7.05 Å². The quantitative estimate of drug-likeness (QED) is 0.821. The number of nitrogens with zero attached hydrogens (tertiary/aromatic N) is 2. The van der Waals surface area contributed by atoms with Gasteiger partial charge in [0.05, 0.1) is 5.69 Å². The van der Waals surface area contributed by atoms with Crippen molar-refractivity contribution in [3.8, 4) is 0 Å². The molecule has 0 fully saturated rings. The van der Waals surface area contributed by atoms with Crippen LogP contribution in [0.1, 0.15) is 36.5 Å². The number of rotatable bonds is 4. The fraction of sp³-hybridized carbons (Fsp3) is 0.636. The summed E-state index contributed by atoms with van der Waals surface area (Å²) in [6.07, 6.45) is 0.733. The monoisotopic (exact) mass is 243 g/mol. The third-order valence-corrected chi connectivity index (χ3v) is 2.60. The molecule has 1 N–H and O–H groups in total. The van der Waals surface area contributed by atoms with Gasteiger partial charge in [-0.2, -0.15) is 5.10 Å². The molecule has 5 heteroatoms. The van der Waals surface area contributed by atoms with Crippen LogP contribution in [0.4, 0.5) is 0 Å². The van der Waals surface area contributed by atoms with E-state index < -0.39 is 0 Å². The first-order chi connectivity index (χ1) is 7.35. The number of amides is 1. The lowest BCUT2D eigenvalue weighted by molar-refractivity contribution is 0.0902. The Morgan fingerprint density at radius 3 is 2.69 bits per heavy atom. The molecule has 0 spiro atoms. The Bertz CT molecular complexity index is 385.